The lowest BCUT2D eigenvalue weighted by Crippen LogP contribution is -2.42. The average molecular weight is 566 g/mol. The van der Waals surface area contributed by atoms with Crippen LogP contribution in [0.25, 0.3) is 0 Å². The molecule has 0 saturated heterocycles. The van der Waals surface area contributed by atoms with Gasteiger partial charge in [-0.3, -0.25) is 14.7 Å². The van der Waals surface area contributed by atoms with Crippen LogP contribution in [0.5, 0.6) is 0 Å². The number of carbonyl (C=O) groups is 1. The van der Waals surface area contributed by atoms with Crippen molar-refractivity contribution in [2.45, 2.75) is 76.5 Å². The molecule has 1 aromatic heterocycles. The number of alkyl halides is 3. The molecule has 2 aliphatic rings. The number of rotatable bonds is 8. The van der Waals surface area contributed by atoms with Gasteiger partial charge in [0.05, 0.1) is 33.9 Å². The van der Waals surface area contributed by atoms with E-state index in [1.807, 2.05) is 6.07 Å². The second-order valence-corrected chi connectivity index (χ2v) is 13.5. The van der Waals surface area contributed by atoms with Gasteiger partial charge in [-0.25, -0.2) is 8.42 Å². The van der Waals surface area contributed by atoms with Crippen molar-refractivity contribution in [1.29, 1.82) is 0 Å². The van der Waals surface area contributed by atoms with E-state index in [1.165, 1.54) is 0 Å². The number of hydrogen-bond donors (Lipinski definition) is 1. The average Bonchev–Trinajstić information content (AvgIpc) is 2.91. The van der Waals surface area contributed by atoms with E-state index in [0.717, 1.165) is 36.3 Å². The van der Waals surface area contributed by atoms with Crippen LogP contribution in [0, 0.1) is 17.8 Å². The van der Waals surface area contributed by atoms with Gasteiger partial charge in [0.2, 0.25) is 0 Å². The zero-order valence-corrected chi connectivity index (χ0v) is 23.6. The van der Waals surface area contributed by atoms with Crippen molar-refractivity contribution in [1.82, 2.24) is 15.2 Å². The number of halogens is 3. The van der Waals surface area contributed by atoms with E-state index in [-0.39, 0.29) is 53.8 Å². The highest BCUT2D eigenvalue weighted by atomic mass is 32.2. The number of aromatic nitrogens is 1. The summed E-state index contributed by atoms with van der Waals surface area (Å²) in [6, 6.07) is 8.47. The molecule has 1 N–H and O–H groups in total. The number of pyridine rings is 1. The van der Waals surface area contributed by atoms with Crippen molar-refractivity contribution < 1.29 is 26.4 Å². The maximum atomic E-state index is 13.1. The molecule has 1 fully saturated rings. The summed E-state index contributed by atoms with van der Waals surface area (Å²) in [5.74, 6) is -0.859. The smallest absolute Gasteiger partial charge is 0.348 e. The van der Waals surface area contributed by atoms with Crippen molar-refractivity contribution in [3.63, 3.8) is 0 Å². The molecule has 0 radical (unpaired) electrons. The molecule has 1 aliphatic heterocycles. The van der Waals surface area contributed by atoms with E-state index in [0.29, 0.717) is 18.4 Å². The number of carbonyl (C=O) groups excluding carboxylic acids is 1. The van der Waals surface area contributed by atoms with E-state index in [4.69, 9.17) is 4.98 Å². The van der Waals surface area contributed by atoms with Crippen LogP contribution in [0.4, 0.5) is 13.2 Å². The van der Waals surface area contributed by atoms with E-state index in [2.05, 4.69) is 24.1 Å². The lowest BCUT2D eigenvalue weighted by Gasteiger charge is -2.42. The molecule has 1 aliphatic carbocycles. The molecular formula is C29H38F3N3O3S. The fourth-order valence-electron chi connectivity index (χ4n) is 5.90. The minimum Gasteiger partial charge on any atom is -0.348 e. The molecule has 6 nitrogen and oxygen atoms in total. The van der Waals surface area contributed by atoms with Gasteiger partial charge in [-0.15, -0.1) is 0 Å². The van der Waals surface area contributed by atoms with Gasteiger partial charge in [0.15, 0.2) is 9.84 Å². The molecule has 1 amide bonds. The quantitative estimate of drug-likeness (QED) is 0.442. The SMILES string of the molecule is CCS(=O)(=O)c1ccc(CNC(=O)c2cnc3c(c2)CCN(C[C@H]2CC[C@H](C(F)(F)F)CC2)[C@@H]3C(C)C)cc1. The summed E-state index contributed by atoms with van der Waals surface area (Å²) in [7, 11) is -3.27. The molecule has 0 spiro atoms. The van der Waals surface area contributed by atoms with Gasteiger partial charge in [-0.1, -0.05) is 32.9 Å². The largest absolute Gasteiger partial charge is 0.391 e. The first-order valence-electron chi connectivity index (χ1n) is 13.8. The van der Waals surface area contributed by atoms with Crippen LogP contribution < -0.4 is 5.32 Å². The Balaban J connectivity index is 1.39. The number of hydrogen-bond acceptors (Lipinski definition) is 5. The summed E-state index contributed by atoms with van der Waals surface area (Å²) < 4.78 is 63.2. The fraction of sp³-hybridized carbons (Fsp3) is 0.586. The summed E-state index contributed by atoms with van der Waals surface area (Å²) in [4.78, 5) is 20.2. The summed E-state index contributed by atoms with van der Waals surface area (Å²) in [5, 5.41) is 2.89. The van der Waals surface area contributed by atoms with Gasteiger partial charge in [0, 0.05) is 25.8 Å². The third-order valence-electron chi connectivity index (χ3n) is 8.15. The molecule has 1 saturated carbocycles. The molecule has 39 heavy (non-hydrogen) atoms. The third-order valence-corrected chi connectivity index (χ3v) is 9.91. The highest BCUT2D eigenvalue weighted by Gasteiger charge is 2.42. The Morgan fingerprint density at radius 3 is 2.38 bits per heavy atom. The zero-order valence-electron chi connectivity index (χ0n) is 22.8. The Morgan fingerprint density at radius 1 is 1.13 bits per heavy atom. The van der Waals surface area contributed by atoms with Crippen LogP contribution in [-0.2, 0) is 22.8 Å². The summed E-state index contributed by atoms with van der Waals surface area (Å²) in [6.45, 7) is 7.69. The van der Waals surface area contributed by atoms with E-state index < -0.39 is 21.9 Å². The molecule has 2 heterocycles. The van der Waals surface area contributed by atoms with Crippen LogP contribution in [0.3, 0.4) is 0 Å². The van der Waals surface area contributed by atoms with Crippen LogP contribution in [0.2, 0.25) is 0 Å². The Bertz CT molecular complexity index is 1250. The van der Waals surface area contributed by atoms with Crippen LogP contribution in [0.1, 0.15) is 79.7 Å². The predicted molar refractivity (Wildman–Crippen MR) is 144 cm³/mol. The van der Waals surface area contributed by atoms with Crippen LogP contribution >= 0.6 is 0 Å². The summed E-state index contributed by atoms with van der Waals surface area (Å²) in [5.41, 5.74) is 3.25. The van der Waals surface area contributed by atoms with Crippen molar-refractivity contribution in [3.05, 3.63) is 58.9 Å². The van der Waals surface area contributed by atoms with Crippen molar-refractivity contribution in [3.8, 4) is 0 Å². The molecule has 2 aromatic rings. The standard InChI is InChI=1S/C29H38F3N3O3S/c1-4-39(37,38)25-11-7-20(8-12-25)16-34-28(36)23-15-22-13-14-35(27(19(2)3)26(22)33-17-23)18-21-5-9-24(10-6-21)29(30,31)32/h7-8,11-12,15,17,19,21,24,27H,4-6,9-10,13-14,16,18H2,1-3H3,(H,34,36)/t21-,24-,27-/m1/s1. The maximum absolute atomic E-state index is 13.1. The van der Waals surface area contributed by atoms with E-state index >= 15 is 0 Å². The van der Waals surface area contributed by atoms with Gasteiger partial charge in [0.25, 0.3) is 5.91 Å². The third kappa shape index (κ3) is 7.01. The maximum Gasteiger partial charge on any atom is 0.391 e. The highest BCUT2D eigenvalue weighted by molar-refractivity contribution is 7.91. The lowest BCUT2D eigenvalue weighted by molar-refractivity contribution is -0.184. The van der Waals surface area contributed by atoms with Gasteiger partial charge in [-0.2, -0.15) is 13.2 Å². The zero-order chi connectivity index (χ0) is 28.4. The monoisotopic (exact) mass is 565 g/mol. The number of sulfone groups is 1. The first kappa shape index (κ1) is 29.5. The van der Waals surface area contributed by atoms with Crippen molar-refractivity contribution in [2.24, 2.45) is 17.8 Å². The number of benzene rings is 1. The number of fused-ring (bicyclic) bond motifs is 1. The fourth-order valence-corrected chi connectivity index (χ4v) is 6.78. The molecule has 1 aromatic carbocycles. The van der Waals surface area contributed by atoms with Crippen LogP contribution in [-0.4, -0.2) is 49.2 Å². The van der Waals surface area contributed by atoms with Crippen molar-refractivity contribution >= 4 is 15.7 Å². The van der Waals surface area contributed by atoms with Gasteiger partial charge < -0.3 is 5.32 Å². The lowest BCUT2D eigenvalue weighted by atomic mass is 9.80. The normalized spacial score (nSPS) is 22.5. The minimum atomic E-state index is -4.09. The second kappa shape index (κ2) is 12.0. The Kier molecular flexibility index (Phi) is 9.05. The van der Waals surface area contributed by atoms with Gasteiger partial charge in [-0.05, 0) is 73.3 Å². The highest BCUT2D eigenvalue weighted by Crippen LogP contribution is 2.41. The Morgan fingerprint density at radius 2 is 1.79 bits per heavy atom. The molecule has 1 atom stereocenters. The molecule has 0 unspecified atom stereocenters. The summed E-state index contributed by atoms with van der Waals surface area (Å²) in [6.07, 6.45) is -0.139. The topological polar surface area (TPSA) is 79.4 Å². The first-order chi connectivity index (χ1) is 18.4. The minimum absolute atomic E-state index is 0.0345. The van der Waals surface area contributed by atoms with Gasteiger partial charge >= 0.3 is 6.18 Å². The molecule has 0 bridgehead atoms. The molecular weight excluding hydrogens is 527 g/mol. The molecule has 4 rings (SSSR count). The van der Waals surface area contributed by atoms with Crippen molar-refractivity contribution in [2.75, 3.05) is 18.8 Å². The van der Waals surface area contributed by atoms with E-state index in [9.17, 15) is 26.4 Å². The summed E-state index contributed by atoms with van der Waals surface area (Å²) >= 11 is 0. The predicted octanol–water partition coefficient (Wildman–Crippen LogP) is 5.73. The number of amides is 1. The molecule has 10 heteroatoms. The molecule has 214 valence electrons. The number of nitrogens with one attached hydrogen (secondary N) is 1. The van der Waals surface area contributed by atoms with Crippen LogP contribution in [0.15, 0.2) is 41.4 Å². The Labute approximate surface area is 229 Å². The second-order valence-electron chi connectivity index (χ2n) is 11.2. The van der Waals surface area contributed by atoms with Gasteiger partial charge in [0.1, 0.15) is 0 Å². The number of nitrogens with zero attached hydrogens (tertiary/aromatic N) is 2. The first-order valence-corrected chi connectivity index (χ1v) is 15.4. The van der Waals surface area contributed by atoms with E-state index in [1.54, 1.807) is 37.4 Å². The Hall–Kier alpha value is -2.46.